The Labute approximate surface area is 136 Å². The van der Waals surface area contributed by atoms with Crippen LogP contribution in [0.5, 0.6) is 0 Å². The summed E-state index contributed by atoms with van der Waals surface area (Å²) < 4.78 is 5.76. The van der Waals surface area contributed by atoms with Gasteiger partial charge in [-0.3, -0.25) is 9.69 Å². The molecular formula is C18H25NO4. The number of carboxylic acid groups (broad SMARTS) is 1. The molecule has 0 amide bonds. The first kappa shape index (κ1) is 16.4. The summed E-state index contributed by atoms with van der Waals surface area (Å²) in [4.78, 5) is 13.9. The highest BCUT2D eigenvalue weighted by Crippen LogP contribution is 2.46. The molecule has 3 rings (SSSR count). The molecule has 0 radical (unpaired) electrons. The number of carbonyl (C=O) groups is 1. The van der Waals surface area contributed by atoms with Gasteiger partial charge in [-0.1, -0.05) is 30.3 Å². The molecule has 2 N–H and O–H groups in total. The maximum atomic E-state index is 11.8. The lowest BCUT2D eigenvalue weighted by atomic mass is 9.88. The summed E-state index contributed by atoms with van der Waals surface area (Å²) >= 11 is 0. The van der Waals surface area contributed by atoms with Crippen molar-refractivity contribution in [2.24, 2.45) is 5.92 Å². The molecule has 2 fully saturated rings. The smallest absolute Gasteiger partial charge is 0.324 e. The third-order valence-corrected chi connectivity index (χ3v) is 5.39. The molecule has 126 valence electrons. The Morgan fingerprint density at radius 2 is 2.13 bits per heavy atom. The van der Waals surface area contributed by atoms with Gasteiger partial charge in [-0.05, 0) is 43.7 Å². The van der Waals surface area contributed by atoms with Crippen molar-refractivity contribution in [1.82, 2.24) is 4.90 Å². The number of benzene rings is 1. The van der Waals surface area contributed by atoms with Gasteiger partial charge in [0.1, 0.15) is 5.54 Å². The van der Waals surface area contributed by atoms with Crippen LogP contribution in [0.15, 0.2) is 30.3 Å². The van der Waals surface area contributed by atoms with Crippen LogP contribution >= 0.6 is 0 Å². The van der Waals surface area contributed by atoms with E-state index in [4.69, 9.17) is 4.74 Å². The molecule has 23 heavy (non-hydrogen) atoms. The average Bonchev–Trinajstić information content (AvgIpc) is 3.10. The van der Waals surface area contributed by atoms with Crippen LogP contribution in [0.25, 0.3) is 0 Å². The molecule has 0 unspecified atom stereocenters. The quantitative estimate of drug-likeness (QED) is 0.751. The molecule has 1 aromatic rings. The molecule has 0 bridgehead atoms. The fourth-order valence-electron chi connectivity index (χ4n) is 4.29. The van der Waals surface area contributed by atoms with Gasteiger partial charge in [0.05, 0.1) is 6.61 Å². The summed E-state index contributed by atoms with van der Waals surface area (Å²) in [6, 6.07) is 10.1. The Kier molecular flexibility index (Phi) is 4.99. The Bertz CT molecular complexity index is 535. The number of hydrogen-bond donors (Lipinski definition) is 2. The number of carboxylic acids is 1. The monoisotopic (exact) mass is 319 g/mol. The number of aliphatic hydroxyl groups excluding tert-OH is 1. The molecule has 0 aliphatic carbocycles. The molecule has 0 saturated carbocycles. The van der Waals surface area contributed by atoms with Crippen molar-refractivity contribution in [1.29, 1.82) is 0 Å². The van der Waals surface area contributed by atoms with Gasteiger partial charge in [0.25, 0.3) is 0 Å². The number of hydrogen-bond acceptors (Lipinski definition) is 4. The highest BCUT2D eigenvalue weighted by Gasteiger charge is 2.57. The highest BCUT2D eigenvalue weighted by molar-refractivity contribution is 5.80. The van der Waals surface area contributed by atoms with Crippen LogP contribution in [0.4, 0.5) is 0 Å². The van der Waals surface area contributed by atoms with Crippen LogP contribution in [0.1, 0.15) is 31.2 Å². The number of aliphatic carboxylic acids is 1. The molecular weight excluding hydrogens is 294 g/mol. The first-order valence-electron chi connectivity index (χ1n) is 8.40. The van der Waals surface area contributed by atoms with E-state index in [1.165, 1.54) is 0 Å². The zero-order valence-corrected chi connectivity index (χ0v) is 13.4. The summed E-state index contributed by atoms with van der Waals surface area (Å²) in [5, 5.41) is 19.3. The van der Waals surface area contributed by atoms with E-state index in [2.05, 4.69) is 4.90 Å². The van der Waals surface area contributed by atoms with E-state index in [0.717, 1.165) is 24.9 Å². The summed E-state index contributed by atoms with van der Waals surface area (Å²) in [6.45, 7) is 2.02. The lowest BCUT2D eigenvalue weighted by molar-refractivity contribution is -0.148. The molecule has 0 spiro atoms. The maximum Gasteiger partial charge on any atom is 0.324 e. The minimum atomic E-state index is -0.752. The fraction of sp³-hybridized carbons (Fsp3) is 0.611. The Morgan fingerprint density at radius 3 is 2.83 bits per heavy atom. The van der Waals surface area contributed by atoms with Crippen LogP contribution in [0, 0.1) is 5.92 Å². The van der Waals surface area contributed by atoms with Crippen molar-refractivity contribution in [3.8, 4) is 0 Å². The minimum Gasteiger partial charge on any atom is -0.480 e. The Morgan fingerprint density at radius 1 is 1.35 bits per heavy atom. The Balaban J connectivity index is 1.57. The second kappa shape index (κ2) is 6.99. The summed E-state index contributed by atoms with van der Waals surface area (Å²) in [6.07, 6.45) is 2.95. The van der Waals surface area contributed by atoms with E-state index in [9.17, 15) is 15.0 Å². The number of fused-ring (bicyclic) bond motifs is 1. The summed E-state index contributed by atoms with van der Waals surface area (Å²) in [5.41, 5.74) is 0.385. The first-order valence-corrected chi connectivity index (χ1v) is 8.40. The van der Waals surface area contributed by atoms with E-state index in [1.807, 2.05) is 30.3 Å². The van der Waals surface area contributed by atoms with Gasteiger partial charge in [-0.15, -0.1) is 0 Å². The van der Waals surface area contributed by atoms with Crippen molar-refractivity contribution in [3.63, 3.8) is 0 Å². The van der Waals surface area contributed by atoms with Gasteiger partial charge in [-0.25, -0.2) is 0 Å². The van der Waals surface area contributed by atoms with Crippen molar-refractivity contribution in [2.45, 2.75) is 43.9 Å². The summed E-state index contributed by atoms with van der Waals surface area (Å²) in [7, 11) is 0. The Hall–Kier alpha value is -1.43. The molecule has 3 atom stereocenters. The van der Waals surface area contributed by atoms with Gasteiger partial charge in [-0.2, -0.15) is 0 Å². The molecule has 2 heterocycles. The van der Waals surface area contributed by atoms with Crippen molar-refractivity contribution >= 4 is 5.97 Å². The van der Waals surface area contributed by atoms with Crippen LogP contribution in [-0.4, -0.2) is 52.4 Å². The standard InChI is InChI=1S/C18H25NO4/c20-12-15-11-18(17(21)22)8-4-9-19(18)16(15)7-10-23-13-14-5-2-1-3-6-14/h1-3,5-6,15-16,20H,4,7-13H2,(H,21,22)/t15-,16+,18-/m1/s1. The van der Waals surface area contributed by atoms with E-state index in [-0.39, 0.29) is 18.6 Å². The predicted molar refractivity (Wildman–Crippen MR) is 86.0 cm³/mol. The largest absolute Gasteiger partial charge is 0.480 e. The van der Waals surface area contributed by atoms with Gasteiger partial charge in [0.2, 0.25) is 0 Å². The van der Waals surface area contributed by atoms with Crippen LogP contribution in [0.2, 0.25) is 0 Å². The van der Waals surface area contributed by atoms with Gasteiger partial charge < -0.3 is 14.9 Å². The molecule has 0 aromatic heterocycles. The van der Waals surface area contributed by atoms with Gasteiger partial charge >= 0.3 is 5.97 Å². The molecule has 2 saturated heterocycles. The molecule has 2 aliphatic rings. The van der Waals surface area contributed by atoms with Crippen molar-refractivity contribution < 1.29 is 19.7 Å². The van der Waals surface area contributed by atoms with Crippen LogP contribution in [0.3, 0.4) is 0 Å². The lowest BCUT2D eigenvalue weighted by Gasteiger charge is -2.31. The van der Waals surface area contributed by atoms with Crippen LogP contribution < -0.4 is 0 Å². The molecule has 2 aliphatic heterocycles. The molecule has 1 aromatic carbocycles. The first-order chi connectivity index (χ1) is 11.2. The zero-order chi connectivity index (χ0) is 16.3. The number of nitrogens with zero attached hydrogens (tertiary/aromatic N) is 1. The summed E-state index contributed by atoms with van der Waals surface area (Å²) in [5.74, 6) is -0.701. The molecule has 5 nitrogen and oxygen atoms in total. The zero-order valence-electron chi connectivity index (χ0n) is 13.4. The third-order valence-electron chi connectivity index (χ3n) is 5.39. The second-order valence-corrected chi connectivity index (χ2v) is 6.67. The van der Waals surface area contributed by atoms with E-state index >= 15 is 0 Å². The predicted octanol–water partition coefficient (Wildman–Crippen LogP) is 1.89. The second-order valence-electron chi connectivity index (χ2n) is 6.67. The lowest BCUT2D eigenvalue weighted by Crippen LogP contribution is -2.48. The topological polar surface area (TPSA) is 70.0 Å². The number of ether oxygens (including phenoxy) is 1. The van der Waals surface area contributed by atoms with Gasteiger partial charge in [0.15, 0.2) is 0 Å². The molecule has 5 heteroatoms. The van der Waals surface area contributed by atoms with Gasteiger partial charge in [0, 0.05) is 19.3 Å². The third kappa shape index (κ3) is 3.13. The maximum absolute atomic E-state index is 11.8. The normalized spacial score (nSPS) is 30.5. The SMILES string of the molecule is O=C(O)[C@]12CCCN1[C@@H](CCOCc1ccccc1)[C@@H](CO)C2. The van der Waals surface area contributed by atoms with E-state index in [0.29, 0.717) is 26.1 Å². The van der Waals surface area contributed by atoms with E-state index < -0.39 is 11.5 Å². The van der Waals surface area contributed by atoms with Crippen LogP contribution in [-0.2, 0) is 16.1 Å². The van der Waals surface area contributed by atoms with Crippen molar-refractivity contribution in [2.75, 3.05) is 19.8 Å². The van der Waals surface area contributed by atoms with E-state index in [1.54, 1.807) is 0 Å². The average molecular weight is 319 g/mol. The minimum absolute atomic E-state index is 0.0340. The number of aliphatic hydroxyl groups is 1. The fourth-order valence-corrected chi connectivity index (χ4v) is 4.29. The van der Waals surface area contributed by atoms with Crippen molar-refractivity contribution in [3.05, 3.63) is 35.9 Å². The highest BCUT2D eigenvalue weighted by atomic mass is 16.5. The number of rotatable bonds is 7.